The maximum absolute atomic E-state index is 12.0. The van der Waals surface area contributed by atoms with Gasteiger partial charge in [0.05, 0.1) is 17.1 Å². The van der Waals surface area contributed by atoms with E-state index in [0.29, 0.717) is 17.5 Å². The molecule has 1 aliphatic rings. The summed E-state index contributed by atoms with van der Waals surface area (Å²) in [5.74, 6) is 0.0187. The van der Waals surface area contributed by atoms with Crippen LogP contribution >= 0.6 is 22.6 Å². The number of aliphatic hydroxyl groups is 2. The lowest BCUT2D eigenvalue weighted by Gasteiger charge is -2.15. The van der Waals surface area contributed by atoms with Crippen LogP contribution in [0.2, 0.25) is 0 Å². The van der Waals surface area contributed by atoms with E-state index < -0.39 is 29.7 Å². The van der Waals surface area contributed by atoms with Gasteiger partial charge in [-0.1, -0.05) is 22.6 Å². The summed E-state index contributed by atoms with van der Waals surface area (Å²) in [6.07, 6.45) is 1.67. The molecular weight excluding hydrogens is 471 g/mol. The van der Waals surface area contributed by atoms with Gasteiger partial charge in [-0.3, -0.25) is 19.1 Å². The highest BCUT2D eigenvalue weighted by atomic mass is 127. The van der Waals surface area contributed by atoms with E-state index in [1.165, 1.54) is 10.8 Å². The number of rotatable bonds is 10. The monoisotopic (exact) mass is 496 g/mol. The molecule has 1 amide bonds. The molecule has 0 aliphatic carbocycles. The molecule has 1 saturated heterocycles. The van der Waals surface area contributed by atoms with Crippen molar-refractivity contribution in [1.29, 1.82) is 0 Å². The zero-order chi connectivity index (χ0) is 19.8. The number of amides is 1. The fraction of sp³-hybridized carbons (Fsp3) is 0.688. The highest BCUT2D eigenvalue weighted by Gasteiger charge is 2.35. The molecule has 1 aromatic heterocycles. The third-order valence-electron chi connectivity index (χ3n) is 4.27. The summed E-state index contributed by atoms with van der Waals surface area (Å²) in [5, 5.41) is 24.8. The van der Waals surface area contributed by atoms with Crippen molar-refractivity contribution in [2.24, 2.45) is 0 Å². The van der Waals surface area contributed by atoms with E-state index >= 15 is 0 Å². The Morgan fingerprint density at radius 2 is 2.07 bits per heavy atom. The zero-order valence-electron chi connectivity index (χ0n) is 14.8. The second kappa shape index (κ2) is 10.8. The number of anilines is 1. The Morgan fingerprint density at radius 3 is 2.74 bits per heavy atom. The highest BCUT2D eigenvalue weighted by Crippen LogP contribution is 2.27. The van der Waals surface area contributed by atoms with Crippen LogP contribution in [0.5, 0.6) is 0 Å². The summed E-state index contributed by atoms with van der Waals surface area (Å²) in [4.78, 5) is 37.3. The molecule has 0 aromatic carbocycles. The third kappa shape index (κ3) is 6.30. The van der Waals surface area contributed by atoms with Crippen LogP contribution in [0.1, 0.15) is 31.9 Å². The van der Waals surface area contributed by atoms with E-state index in [-0.39, 0.29) is 24.6 Å². The van der Waals surface area contributed by atoms with Gasteiger partial charge in [0.25, 0.3) is 5.56 Å². The molecule has 5 N–H and O–H groups in total. The van der Waals surface area contributed by atoms with Crippen molar-refractivity contribution in [3.63, 3.8) is 0 Å². The standard InChI is InChI=1S/C16H25IN4O6/c17-7-13(24)19-5-3-1-2-4-18-10-8-21(16(26)20-15(10)25)14-6-11(23)12(9-22)27-14/h8,11-12,14,18,22-23H,1-7,9H2,(H,19,24)(H,20,25,26)/t11-,12+,14+/m0/s1. The van der Waals surface area contributed by atoms with Crippen molar-refractivity contribution in [3.05, 3.63) is 27.0 Å². The smallest absolute Gasteiger partial charge is 0.330 e. The molecule has 0 bridgehead atoms. The van der Waals surface area contributed by atoms with Gasteiger partial charge >= 0.3 is 5.69 Å². The van der Waals surface area contributed by atoms with Crippen molar-refractivity contribution in [3.8, 4) is 0 Å². The Labute approximate surface area is 169 Å². The van der Waals surface area contributed by atoms with Crippen molar-refractivity contribution in [1.82, 2.24) is 14.9 Å². The normalized spacial score (nSPS) is 22.0. The molecule has 2 rings (SSSR count). The Morgan fingerprint density at radius 1 is 1.33 bits per heavy atom. The predicted molar refractivity (Wildman–Crippen MR) is 107 cm³/mol. The van der Waals surface area contributed by atoms with Crippen LogP contribution in [0.4, 0.5) is 5.69 Å². The minimum absolute atomic E-state index is 0.0187. The molecular formula is C16H25IN4O6. The van der Waals surface area contributed by atoms with E-state index in [2.05, 4.69) is 15.6 Å². The number of hydrogen-bond donors (Lipinski definition) is 5. The largest absolute Gasteiger partial charge is 0.394 e. The topological polar surface area (TPSA) is 146 Å². The average molecular weight is 496 g/mol. The molecule has 3 atom stereocenters. The molecule has 2 heterocycles. The predicted octanol–water partition coefficient (Wildman–Crippen LogP) is -0.689. The lowest BCUT2D eigenvalue weighted by atomic mass is 10.2. The maximum Gasteiger partial charge on any atom is 0.330 e. The summed E-state index contributed by atoms with van der Waals surface area (Å²) in [6, 6.07) is 0. The molecule has 11 heteroatoms. The Hall–Kier alpha value is -1.44. The summed E-state index contributed by atoms with van der Waals surface area (Å²) in [5.41, 5.74) is -0.923. The number of carbonyl (C=O) groups is 1. The molecule has 10 nitrogen and oxygen atoms in total. The number of ether oxygens (including phenoxy) is 1. The van der Waals surface area contributed by atoms with Crippen LogP contribution in [0.3, 0.4) is 0 Å². The van der Waals surface area contributed by atoms with Crippen LogP contribution in [-0.2, 0) is 9.53 Å². The lowest BCUT2D eigenvalue weighted by Crippen LogP contribution is -2.34. The lowest BCUT2D eigenvalue weighted by molar-refractivity contribution is -0.118. The number of H-pyrrole nitrogens is 1. The van der Waals surface area contributed by atoms with Crippen LogP contribution in [0.25, 0.3) is 0 Å². The number of nitrogens with zero attached hydrogens (tertiary/aromatic N) is 1. The van der Waals surface area contributed by atoms with Gasteiger partial charge in [0.15, 0.2) is 0 Å². The number of halogens is 1. The molecule has 0 radical (unpaired) electrons. The minimum atomic E-state index is -0.872. The number of alkyl halides is 1. The number of aromatic amines is 1. The van der Waals surface area contributed by atoms with Crippen molar-refractivity contribution in [2.75, 3.05) is 29.4 Å². The SMILES string of the molecule is O=C(CI)NCCCCCNc1cn([C@H]2C[C@H](O)[C@@H](CO)O2)c(=O)[nH]c1=O. The highest BCUT2D eigenvalue weighted by molar-refractivity contribution is 14.1. The van der Waals surface area contributed by atoms with Crippen LogP contribution in [0, 0.1) is 0 Å². The first-order valence-electron chi connectivity index (χ1n) is 8.82. The molecule has 1 fully saturated rings. The van der Waals surface area contributed by atoms with Crippen molar-refractivity contribution < 1.29 is 19.7 Å². The number of carbonyl (C=O) groups excluding carboxylic acids is 1. The van der Waals surface area contributed by atoms with Crippen LogP contribution in [0.15, 0.2) is 15.8 Å². The molecule has 0 spiro atoms. The van der Waals surface area contributed by atoms with E-state index in [9.17, 15) is 19.5 Å². The first kappa shape index (κ1) is 21.9. The van der Waals surface area contributed by atoms with Crippen molar-refractivity contribution >= 4 is 34.2 Å². The van der Waals surface area contributed by atoms with E-state index in [1.54, 1.807) is 0 Å². The second-order valence-electron chi connectivity index (χ2n) is 6.30. The van der Waals surface area contributed by atoms with E-state index in [0.717, 1.165) is 19.3 Å². The fourth-order valence-corrected chi connectivity index (χ4v) is 3.07. The number of nitrogens with one attached hydrogen (secondary N) is 3. The number of aromatic nitrogens is 2. The minimum Gasteiger partial charge on any atom is -0.394 e. The molecule has 1 aliphatic heterocycles. The number of unbranched alkanes of at least 4 members (excludes halogenated alkanes) is 2. The van der Waals surface area contributed by atoms with Gasteiger partial charge in [0.2, 0.25) is 5.91 Å². The Kier molecular flexibility index (Phi) is 8.73. The maximum atomic E-state index is 12.0. The first-order chi connectivity index (χ1) is 13.0. The molecule has 1 aromatic rings. The molecule has 0 unspecified atom stereocenters. The Balaban J connectivity index is 1.86. The van der Waals surface area contributed by atoms with E-state index in [1.807, 2.05) is 22.6 Å². The zero-order valence-corrected chi connectivity index (χ0v) is 17.0. The quantitative estimate of drug-likeness (QED) is 0.164. The van der Waals surface area contributed by atoms with Gasteiger partial charge < -0.3 is 25.6 Å². The fourth-order valence-electron chi connectivity index (χ4n) is 2.80. The van der Waals surface area contributed by atoms with Gasteiger partial charge in [-0.2, -0.15) is 0 Å². The first-order valence-corrected chi connectivity index (χ1v) is 10.3. The van der Waals surface area contributed by atoms with E-state index in [4.69, 9.17) is 9.84 Å². The average Bonchev–Trinajstić information content (AvgIpc) is 3.02. The molecule has 152 valence electrons. The molecule has 0 saturated carbocycles. The number of hydrogen-bond acceptors (Lipinski definition) is 7. The van der Waals surface area contributed by atoms with Gasteiger partial charge in [0.1, 0.15) is 18.0 Å². The van der Waals surface area contributed by atoms with Gasteiger partial charge in [-0.15, -0.1) is 0 Å². The van der Waals surface area contributed by atoms with Crippen LogP contribution in [-0.4, -0.2) is 62.0 Å². The second-order valence-corrected chi connectivity index (χ2v) is 7.06. The summed E-state index contributed by atoms with van der Waals surface area (Å²) >= 11 is 2.01. The van der Waals surface area contributed by atoms with Crippen LogP contribution < -0.4 is 21.9 Å². The number of aliphatic hydroxyl groups excluding tert-OH is 2. The summed E-state index contributed by atoms with van der Waals surface area (Å²) in [6.45, 7) is 0.814. The summed E-state index contributed by atoms with van der Waals surface area (Å²) in [7, 11) is 0. The van der Waals surface area contributed by atoms with Gasteiger partial charge in [0, 0.05) is 25.7 Å². The Bertz CT molecular complexity index is 736. The van der Waals surface area contributed by atoms with Crippen molar-refractivity contribution in [2.45, 2.75) is 44.1 Å². The summed E-state index contributed by atoms with van der Waals surface area (Å²) < 4.78 is 7.11. The van der Waals surface area contributed by atoms with Gasteiger partial charge in [-0.25, -0.2) is 4.79 Å². The molecule has 27 heavy (non-hydrogen) atoms. The third-order valence-corrected chi connectivity index (χ3v) is 4.97. The van der Waals surface area contributed by atoms with Gasteiger partial charge in [-0.05, 0) is 19.3 Å².